The summed E-state index contributed by atoms with van der Waals surface area (Å²) in [5.74, 6) is 0. The van der Waals surface area contributed by atoms with E-state index < -0.39 is 0 Å². The van der Waals surface area contributed by atoms with Gasteiger partial charge in [-0.1, -0.05) is 48.5 Å². The van der Waals surface area contributed by atoms with Crippen LogP contribution in [0.3, 0.4) is 0 Å². The first-order chi connectivity index (χ1) is 15.8. The van der Waals surface area contributed by atoms with Gasteiger partial charge in [-0.25, -0.2) is 0 Å². The molecule has 4 aromatic carbocycles. The maximum absolute atomic E-state index is 14.0. The van der Waals surface area contributed by atoms with Gasteiger partial charge in [0, 0.05) is 33.9 Å². The highest BCUT2D eigenvalue weighted by atomic mass is 16.1. The second kappa shape index (κ2) is 5.39. The summed E-state index contributed by atoms with van der Waals surface area (Å²) < 4.78 is 4.11. The predicted molar refractivity (Wildman–Crippen MR) is 129 cm³/mol. The average molecular weight is 410 g/mol. The number of fused-ring (bicyclic) bond motifs is 11. The maximum Gasteiger partial charge on any atom is 0.265 e. The Morgan fingerprint density at radius 1 is 0.531 bits per heavy atom. The Hall–Kier alpha value is -4.51. The Balaban J connectivity index is 1.99. The smallest absolute Gasteiger partial charge is 0.265 e. The van der Waals surface area contributed by atoms with E-state index in [1.165, 1.54) is 0 Å². The van der Waals surface area contributed by atoms with E-state index in [0.29, 0.717) is 5.39 Å². The third-order valence-corrected chi connectivity index (χ3v) is 6.72. The molecule has 0 saturated heterocycles. The molecule has 5 nitrogen and oxygen atoms in total. The van der Waals surface area contributed by atoms with Gasteiger partial charge in [-0.05, 0) is 24.3 Å². The first-order valence-corrected chi connectivity index (χ1v) is 10.6. The van der Waals surface area contributed by atoms with Gasteiger partial charge in [-0.2, -0.15) is 0 Å². The largest absolute Gasteiger partial charge is 0.306 e. The van der Waals surface area contributed by atoms with Crippen LogP contribution < -0.4 is 5.56 Å². The molecule has 0 N–H and O–H groups in total. The van der Waals surface area contributed by atoms with Crippen LogP contribution >= 0.6 is 0 Å². The maximum atomic E-state index is 14.0. The SMILES string of the molecule is O=c1c2ccccc2n2c3ccccc3c3c4nccnc4c4c5ccccc5n1c4c32. The van der Waals surface area contributed by atoms with Crippen LogP contribution in [0.1, 0.15) is 0 Å². The Bertz CT molecular complexity index is 2120. The predicted octanol–water partition coefficient (Wildman–Crippen LogP) is 5.55. The molecule has 0 radical (unpaired) electrons. The van der Waals surface area contributed by atoms with Gasteiger partial charge in [0.1, 0.15) is 0 Å². The summed E-state index contributed by atoms with van der Waals surface area (Å²) in [4.78, 5) is 23.6. The highest BCUT2D eigenvalue weighted by Gasteiger charge is 2.25. The molecule has 0 fully saturated rings. The van der Waals surface area contributed by atoms with Gasteiger partial charge in [0.25, 0.3) is 5.56 Å². The molecule has 0 atom stereocenters. The molecular weight excluding hydrogens is 396 g/mol. The highest BCUT2D eigenvalue weighted by molar-refractivity contribution is 6.34. The van der Waals surface area contributed by atoms with Crippen LogP contribution in [0.5, 0.6) is 0 Å². The molecule has 4 heterocycles. The summed E-state index contributed by atoms with van der Waals surface area (Å²) in [7, 11) is 0. The molecule has 0 aliphatic rings. The molecular formula is C27H14N4O. The zero-order valence-corrected chi connectivity index (χ0v) is 16.8. The van der Waals surface area contributed by atoms with Gasteiger partial charge in [0.2, 0.25) is 0 Å². The lowest BCUT2D eigenvalue weighted by Crippen LogP contribution is -2.09. The molecule has 0 amide bonds. The Kier molecular flexibility index (Phi) is 2.73. The molecule has 0 bridgehead atoms. The number of rotatable bonds is 0. The minimum absolute atomic E-state index is 0.0240. The van der Waals surface area contributed by atoms with Crippen molar-refractivity contribution in [2.24, 2.45) is 0 Å². The normalized spacial score (nSPS) is 12.5. The van der Waals surface area contributed by atoms with Crippen LogP contribution in [0.4, 0.5) is 0 Å². The van der Waals surface area contributed by atoms with Crippen LogP contribution in [-0.2, 0) is 0 Å². The van der Waals surface area contributed by atoms with E-state index in [1.54, 1.807) is 12.4 Å². The Morgan fingerprint density at radius 3 is 1.56 bits per heavy atom. The van der Waals surface area contributed by atoms with Crippen molar-refractivity contribution in [2.45, 2.75) is 0 Å². The standard InChI is InChI=1S/C27H14N4O/c32-27-17-9-3-6-12-20(17)30-18-10-4-1-7-15(18)21-23-24(29-14-13-28-23)22-16-8-2-5-11-19(16)31(27)26(22)25(21)30/h1-14H. The summed E-state index contributed by atoms with van der Waals surface area (Å²) in [6.45, 7) is 0. The topological polar surface area (TPSA) is 51.7 Å². The summed E-state index contributed by atoms with van der Waals surface area (Å²) in [6.07, 6.45) is 3.48. The molecule has 148 valence electrons. The zero-order valence-electron chi connectivity index (χ0n) is 16.8. The summed E-state index contributed by atoms with van der Waals surface area (Å²) in [6, 6.07) is 24.3. The third-order valence-electron chi connectivity index (χ3n) is 6.72. The molecule has 0 aliphatic heterocycles. The molecule has 4 aromatic heterocycles. The molecule has 5 heteroatoms. The summed E-state index contributed by atoms with van der Waals surface area (Å²) in [5.41, 5.74) is 6.40. The van der Waals surface area contributed by atoms with E-state index in [9.17, 15) is 4.79 Å². The lowest BCUT2D eigenvalue weighted by atomic mass is 10.1. The molecule has 0 unspecified atom stereocenters. The van der Waals surface area contributed by atoms with Gasteiger partial charge in [-0.3, -0.25) is 19.2 Å². The van der Waals surface area contributed by atoms with Gasteiger partial charge in [0.15, 0.2) is 0 Å². The molecule has 8 rings (SSSR count). The van der Waals surface area contributed by atoms with E-state index in [0.717, 1.165) is 60.2 Å². The van der Waals surface area contributed by atoms with Crippen molar-refractivity contribution in [3.05, 3.63) is 95.5 Å². The number of para-hydroxylation sites is 3. The number of benzene rings is 4. The zero-order chi connectivity index (χ0) is 21.0. The first-order valence-electron chi connectivity index (χ1n) is 10.6. The molecule has 32 heavy (non-hydrogen) atoms. The monoisotopic (exact) mass is 410 g/mol. The van der Waals surface area contributed by atoms with Gasteiger partial charge in [0.05, 0.1) is 44.0 Å². The van der Waals surface area contributed by atoms with Crippen molar-refractivity contribution in [3.8, 4) is 0 Å². The van der Waals surface area contributed by atoms with Gasteiger partial charge < -0.3 is 4.40 Å². The van der Waals surface area contributed by atoms with Crippen LogP contribution in [0.2, 0.25) is 0 Å². The highest BCUT2D eigenvalue weighted by Crippen LogP contribution is 2.43. The summed E-state index contributed by atoms with van der Waals surface area (Å²) in [5, 5.41) is 4.81. The van der Waals surface area contributed by atoms with Crippen molar-refractivity contribution in [1.29, 1.82) is 0 Å². The molecule has 8 aromatic rings. The summed E-state index contributed by atoms with van der Waals surface area (Å²) >= 11 is 0. The third kappa shape index (κ3) is 1.68. The molecule has 0 aliphatic carbocycles. The fraction of sp³-hybridized carbons (Fsp3) is 0. The van der Waals surface area contributed by atoms with Crippen LogP contribution in [0, 0.1) is 0 Å². The van der Waals surface area contributed by atoms with Crippen molar-refractivity contribution < 1.29 is 0 Å². The van der Waals surface area contributed by atoms with E-state index >= 15 is 0 Å². The van der Waals surface area contributed by atoms with Crippen LogP contribution in [0.15, 0.2) is 90.0 Å². The van der Waals surface area contributed by atoms with E-state index in [-0.39, 0.29) is 5.56 Å². The Labute approximate surface area is 180 Å². The van der Waals surface area contributed by atoms with Crippen LogP contribution in [0.25, 0.3) is 65.5 Å². The fourth-order valence-corrected chi connectivity index (χ4v) is 5.54. The number of nitrogens with zero attached hydrogens (tertiary/aromatic N) is 4. The minimum atomic E-state index is -0.0240. The number of hydrogen-bond donors (Lipinski definition) is 0. The van der Waals surface area contributed by atoms with E-state index in [2.05, 4.69) is 28.7 Å². The van der Waals surface area contributed by atoms with Gasteiger partial charge >= 0.3 is 0 Å². The quantitative estimate of drug-likeness (QED) is 0.330. The van der Waals surface area contributed by atoms with Gasteiger partial charge in [-0.15, -0.1) is 0 Å². The minimum Gasteiger partial charge on any atom is -0.306 e. The first kappa shape index (κ1) is 16.2. The lowest BCUT2D eigenvalue weighted by Gasteiger charge is -2.04. The molecule has 0 spiro atoms. The number of hydrogen-bond acceptors (Lipinski definition) is 3. The van der Waals surface area contributed by atoms with E-state index in [4.69, 9.17) is 9.97 Å². The fourth-order valence-electron chi connectivity index (χ4n) is 5.54. The van der Waals surface area contributed by atoms with Crippen molar-refractivity contribution in [1.82, 2.24) is 18.8 Å². The van der Waals surface area contributed by atoms with Crippen molar-refractivity contribution in [3.63, 3.8) is 0 Å². The van der Waals surface area contributed by atoms with Crippen molar-refractivity contribution in [2.75, 3.05) is 0 Å². The average Bonchev–Trinajstić information content (AvgIpc) is 3.34. The van der Waals surface area contributed by atoms with Crippen molar-refractivity contribution >= 4 is 65.5 Å². The number of aromatic nitrogens is 4. The van der Waals surface area contributed by atoms with Crippen LogP contribution in [-0.4, -0.2) is 18.8 Å². The Morgan fingerprint density at radius 2 is 0.969 bits per heavy atom. The lowest BCUT2D eigenvalue weighted by molar-refractivity contribution is 1.21. The molecule has 0 saturated carbocycles. The second-order valence-corrected chi connectivity index (χ2v) is 8.23. The van der Waals surface area contributed by atoms with E-state index in [1.807, 2.05) is 52.9 Å². The second-order valence-electron chi connectivity index (χ2n) is 8.23.